The van der Waals surface area contributed by atoms with Gasteiger partial charge in [0.1, 0.15) is 23.1 Å². The molecule has 0 saturated heterocycles. The zero-order chi connectivity index (χ0) is 23.4. The van der Waals surface area contributed by atoms with E-state index < -0.39 is 17.6 Å². The maximum Gasteiger partial charge on any atom is 0.416 e. The number of alkyl halides is 3. The molecule has 33 heavy (non-hydrogen) atoms. The second kappa shape index (κ2) is 9.64. The highest BCUT2D eigenvalue weighted by Gasteiger charge is 2.30. The van der Waals surface area contributed by atoms with Gasteiger partial charge in [0, 0.05) is 21.7 Å². The molecule has 1 aromatic heterocycles. The first kappa shape index (κ1) is 22.8. The van der Waals surface area contributed by atoms with Gasteiger partial charge in [0.05, 0.1) is 5.56 Å². The van der Waals surface area contributed by atoms with Crippen molar-refractivity contribution in [2.45, 2.75) is 12.8 Å². The largest absolute Gasteiger partial charge is 0.489 e. The summed E-state index contributed by atoms with van der Waals surface area (Å²) in [5.74, 6) is 0.0903. The number of hydrogen-bond donors (Lipinski definition) is 1. The minimum Gasteiger partial charge on any atom is -0.489 e. The molecule has 0 aliphatic heterocycles. The number of hydrogen-bond acceptors (Lipinski definition) is 4. The van der Waals surface area contributed by atoms with Gasteiger partial charge in [-0.05, 0) is 60.2 Å². The molecular formula is C24H16ClF3N2O2S. The first-order chi connectivity index (χ1) is 15.8. The second-order valence-corrected chi connectivity index (χ2v) is 8.30. The van der Waals surface area contributed by atoms with Crippen LogP contribution in [0.15, 0.2) is 78.2 Å². The van der Waals surface area contributed by atoms with Gasteiger partial charge in [-0.15, -0.1) is 11.3 Å². The summed E-state index contributed by atoms with van der Waals surface area (Å²) < 4.78 is 44.3. The van der Waals surface area contributed by atoms with Gasteiger partial charge in [-0.3, -0.25) is 4.79 Å². The Morgan fingerprint density at radius 1 is 1.03 bits per heavy atom. The molecule has 0 aliphatic rings. The minimum absolute atomic E-state index is 0.0477. The summed E-state index contributed by atoms with van der Waals surface area (Å²) in [6.07, 6.45) is -4.49. The van der Waals surface area contributed by atoms with Crippen LogP contribution in [0.25, 0.3) is 10.6 Å². The monoisotopic (exact) mass is 488 g/mol. The zero-order valence-corrected chi connectivity index (χ0v) is 18.5. The molecule has 4 nitrogen and oxygen atoms in total. The number of thiazole rings is 1. The first-order valence-electron chi connectivity index (χ1n) is 9.70. The number of amides is 1. The molecule has 0 bridgehead atoms. The molecule has 168 valence electrons. The van der Waals surface area contributed by atoms with Crippen LogP contribution in [0.2, 0.25) is 5.02 Å². The number of aromatic nitrogens is 1. The summed E-state index contributed by atoms with van der Waals surface area (Å²) >= 11 is 7.14. The molecule has 0 radical (unpaired) electrons. The van der Waals surface area contributed by atoms with Crippen LogP contribution < -0.4 is 10.1 Å². The van der Waals surface area contributed by atoms with Crippen molar-refractivity contribution < 1.29 is 22.7 Å². The lowest BCUT2D eigenvalue weighted by Crippen LogP contribution is -2.13. The van der Waals surface area contributed by atoms with Crippen molar-refractivity contribution in [1.82, 2.24) is 4.98 Å². The van der Waals surface area contributed by atoms with Crippen LogP contribution >= 0.6 is 22.9 Å². The lowest BCUT2D eigenvalue weighted by molar-refractivity contribution is -0.137. The van der Waals surface area contributed by atoms with E-state index in [4.69, 9.17) is 16.3 Å². The number of benzene rings is 3. The third kappa shape index (κ3) is 5.91. The Morgan fingerprint density at radius 2 is 1.76 bits per heavy atom. The molecule has 0 atom stereocenters. The third-order valence-corrected chi connectivity index (χ3v) is 5.75. The lowest BCUT2D eigenvalue weighted by atomic mass is 10.2. The van der Waals surface area contributed by atoms with Crippen LogP contribution in [0.3, 0.4) is 0 Å². The van der Waals surface area contributed by atoms with Crippen molar-refractivity contribution in [3.8, 4) is 16.3 Å². The fourth-order valence-electron chi connectivity index (χ4n) is 2.92. The fourth-order valence-corrected chi connectivity index (χ4v) is 3.85. The fraction of sp³-hybridized carbons (Fsp3) is 0.0833. The van der Waals surface area contributed by atoms with Gasteiger partial charge in [0.25, 0.3) is 5.91 Å². The quantitative estimate of drug-likeness (QED) is 0.309. The molecule has 4 aromatic rings. The number of halogens is 4. The summed E-state index contributed by atoms with van der Waals surface area (Å²) in [5, 5.41) is 5.28. The minimum atomic E-state index is -4.49. The average molecular weight is 489 g/mol. The molecule has 0 aliphatic carbocycles. The molecule has 0 fully saturated rings. The van der Waals surface area contributed by atoms with E-state index in [1.807, 2.05) is 24.3 Å². The van der Waals surface area contributed by atoms with E-state index >= 15 is 0 Å². The van der Waals surface area contributed by atoms with Gasteiger partial charge < -0.3 is 10.1 Å². The summed E-state index contributed by atoms with van der Waals surface area (Å²) in [5.41, 5.74) is 1.11. The van der Waals surface area contributed by atoms with Gasteiger partial charge in [0.15, 0.2) is 0 Å². The molecule has 0 spiro atoms. The topological polar surface area (TPSA) is 51.2 Å². The summed E-state index contributed by atoms with van der Waals surface area (Å²) in [6, 6.07) is 19.1. The van der Waals surface area contributed by atoms with Crippen molar-refractivity contribution >= 4 is 34.5 Å². The molecular weight excluding hydrogens is 473 g/mol. The highest BCUT2D eigenvalue weighted by atomic mass is 35.5. The smallest absolute Gasteiger partial charge is 0.416 e. The van der Waals surface area contributed by atoms with Crippen molar-refractivity contribution in [2.24, 2.45) is 0 Å². The van der Waals surface area contributed by atoms with E-state index in [-0.39, 0.29) is 11.4 Å². The van der Waals surface area contributed by atoms with Gasteiger partial charge in [-0.25, -0.2) is 4.98 Å². The summed E-state index contributed by atoms with van der Waals surface area (Å²) in [6.45, 7) is 0.396. The van der Waals surface area contributed by atoms with Gasteiger partial charge >= 0.3 is 6.18 Å². The second-order valence-electron chi connectivity index (χ2n) is 7.01. The highest BCUT2D eigenvalue weighted by Crippen LogP contribution is 2.31. The highest BCUT2D eigenvalue weighted by molar-refractivity contribution is 7.13. The molecule has 1 amide bonds. The van der Waals surface area contributed by atoms with Crippen LogP contribution in [-0.4, -0.2) is 10.9 Å². The Balaban J connectivity index is 1.39. The average Bonchev–Trinajstić information content (AvgIpc) is 3.29. The number of rotatable bonds is 6. The Morgan fingerprint density at radius 3 is 2.45 bits per heavy atom. The third-order valence-electron chi connectivity index (χ3n) is 4.60. The maximum absolute atomic E-state index is 12.9. The molecule has 3 aromatic carbocycles. The van der Waals surface area contributed by atoms with E-state index in [0.717, 1.165) is 23.3 Å². The van der Waals surface area contributed by atoms with E-state index in [9.17, 15) is 18.0 Å². The first-order valence-corrected chi connectivity index (χ1v) is 11.0. The summed E-state index contributed by atoms with van der Waals surface area (Å²) in [7, 11) is 0. The number of carbonyl (C=O) groups excluding carboxylic acids is 1. The van der Waals surface area contributed by atoms with Crippen LogP contribution in [0, 0.1) is 0 Å². The number of anilines is 1. The van der Waals surface area contributed by atoms with Crippen molar-refractivity contribution in [2.75, 3.05) is 5.32 Å². The Kier molecular flexibility index (Phi) is 6.67. The van der Waals surface area contributed by atoms with Gasteiger partial charge in [0.2, 0.25) is 0 Å². The normalized spacial score (nSPS) is 11.3. The van der Waals surface area contributed by atoms with Crippen molar-refractivity contribution in [3.63, 3.8) is 0 Å². The van der Waals surface area contributed by atoms with Crippen LogP contribution in [0.1, 0.15) is 21.6 Å². The SMILES string of the molecule is O=C(Nc1cccc(C(F)(F)F)c1)c1csc(-c2ccc(OCc3ccc(Cl)cc3)cc2)n1. The Labute approximate surface area is 196 Å². The standard InChI is InChI=1S/C24H16ClF3N2O2S/c25-18-8-4-15(5-9-18)13-32-20-10-6-16(7-11-20)23-30-21(14-33-23)22(31)29-19-3-1-2-17(12-19)24(26,27)28/h1-12,14H,13H2,(H,29,31). The van der Waals surface area contributed by atoms with E-state index in [1.54, 1.807) is 29.6 Å². The number of nitrogens with one attached hydrogen (secondary N) is 1. The van der Waals surface area contributed by atoms with Crippen molar-refractivity contribution in [3.05, 3.63) is 100 Å². The zero-order valence-electron chi connectivity index (χ0n) is 16.9. The molecule has 0 saturated carbocycles. The van der Waals surface area contributed by atoms with E-state index in [1.165, 1.54) is 23.5 Å². The molecule has 4 rings (SSSR count). The molecule has 1 N–H and O–H groups in total. The van der Waals surface area contributed by atoms with E-state index in [0.29, 0.717) is 22.4 Å². The lowest BCUT2D eigenvalue weighted by Gasteiger charge is -2.09. The van der Waals surface area contributed by atoms with Gasteiger partial charge in [-0.2, -0.15) is 13.2 Å². The Hall–Kier alpha value is -3.36. The molecule has 9 heteroatoms. The molecule has 0 unspecified atom stereocenters. The van der Waals surface area contributed by atoms with Crippen LogP contribution in [0.4, 0.5) is 18.9 Å². The number of carbonyl (C=O) groups is 1. The Bertz CT molecular complexity index is 1260. The van der Waals surface area contributed by atoms with E-state index in [2.05, 4.69) is 10.3 Å². The van der Waals surface area contributed by atoms with Gasteiger partial charge in [-0.1, -0.05) is 29.8 Å². The molecule has 1 heterocycles. The van der Waals surface area contributed by atoms with Crippen LogP contribution in [0.5, 0.6) is 5.75 Å². The number of ether oxygens (including phenoxy) is 1. The maximum atomic E-state index is 12.9. The predicted octanol–water partition coefficient (Wildman–Crippen LogP) is 7.31. The summed E-state index contributed by atoms with van der Waals surface area (Å²) in [4.78, 5) is 16.7. The predicted molar refractivity (Wildman–Crippen MR) is 123 cm³/mol. The van der Waals surface area contributed by atoms with Crippen molar-refractivity contribution in [1.29, 1.82) is 0 Å². The van der Waals surface area contributed by atoms with Crippen LogP contribution in [-0.2, 0) is 12.8 Å². The number of nitrogens with zero attached hydrogens (tertiary/aromatic N) is 1.